The molecule has 1 heterocycles. The Balaban J connectivity index is 0.000000175. The standard InChI is InChI=1S/C29H27NO3S.C25H20O4/c34-29(30-14-16-31-17-15-30)18-22-6-10-26(11-7-22)33-28-13-9-24-19-27(12-8-25(24)20-28)32-21-23-4-2-1-3-5-23;26-25(27)14-18-6-10-22(11-7-18)29-24-13-9-20-15-23(12-8-21(20)16-24)28-17-19-4-2-1-3-5-19/h1-13,19-20H,14-18,21H2;1-13,15-16H,14,17H2,(H,26,27). The van der Waals surface area contributed by atoms with Crippen LogP contribution in [0.15, 0.2) is 182 Å². The van der Waals surface area contributed by atoms with Crippen molar-refractivity contribution < 1.29 is 33.6 Å². The Morgan fingerprint density at radius 2 is 0.857 bits per heavy atom. The number of hydrogen-bond acceptors (Lipinski definition) is 7. The average molecular weight is 854 g/mol. The molecule has 1 N–H and O–H groups in total. The Labute approximate surface area is 372 Å². The molecule has 9 heteroatoms. The number of hydrogen-bond donors (Lipinski definition) is 1. The quantitative estimate of drug-likeness (QED) is 0.107. The van der Waals surface area contributed by atoms with Crippen molar-refractivity contribution in [3.63, 3.8) is 0 Å². The largest absolute Gasteiger partial charge is 0.489 e. The number of aliphatic carboxylic acids is 1. The molecule has 9 rings (SSSR count). The molecule has 8 nitrogen and oxygen atoms in total. The molecule has 0 unspecified atom stereocenters. The molecule has 0 spiro atoms. The van der Waals surface area contributed by atoms with Gasteiger partial charge in [0.25, 0.3) is 0 Å². The molecule has 0 aromatic heterocycles. The van der Waals surface area contributed by atoms with E-state index in [-0.39, 0.29) is 6.42 Å². The molecule has 0 amide bonds. The highest BCUT2D eigenvalue weighted by Gasteiger charge is 2.14. The maximum Gasteiger partial charge on any atom is 0.307 e. The summed E-state index contributed by atoms with van der Waals surface area (Å²) in [7, 11) is 0. The number of nitrogens with zero attached hydrogens (tertiary/aromatic N) is 1. The average Bonchev–Trinajstić information content (AvgIpc) is 3.32. The molecule has 8 aromatic rings. The number of rotatable bonds is 14. The van der Waals surface area contributed by atoms with Crippen molar-refractivity contribution in [1.29, 1.82) is 0 Å². The third kappa shape index (κ3) is 12.4. The van der Waals surface area contributed by atoms with Gasteiger partial charge in [0, 0.05) is 19.5 Å². The fourth-order valence-electron chi connectivity index (χ4n) is 7.09. The van der Waals surface area contributed by atoms with Gasteiger partial charge >= 0.3 is 5.97 Å². The molecule has 63 heavy (non-hydrogen) atoms. The van der Waals surface area contributed by atoms with Crippen molar-refractivity contribution >= 4 is 44.7 Å². The van der Waals surface area contributed by atoms with Crippen LogP contribution in [-0.4, -0.2) is 47.3 Å². The summed E-state index contributed by atoms with van der Waals surface area (Å²) in [5.74, 6) is 3.84. The van der Waals surface area contributed by atoms with E-state index in [0.717, 1.165) is 105 Å². The normalized spacial score (nSPS) is 12.2. The second-order valence-corrected chi connectivity index (χ2v) is 15.6. The van der Waals surface area contributed by atoms with Crippen LogP contribution in [0.4, 0.5) is 0 Å². The van der Waals surface area contributed by atoms with E-state index in [1.165, 1.54) is 5.56 Å². The van der Waals surface area contributed by atoms with Crippen LogP contribution in [0.3, 0.4) is 0 Å². The highest BCUT2D eigenvalue weighted by atomic mass is 32.1. The molecule has 1 aliphatic rings. The molecule has 8 aromatic carbocycles. The molecule has 0 atom stereocenters. The lowest BCUT2D eigenvalue weighted by molar-refractivity contribution is -0.136. The first kappa shape index (κ1) is 42.5. The van der Waals surface area contributed by atoms with Gasteiger partial charge in [-0.15, -0.1) is 0 Å². The molecule has 1 saturated heterocycles. The second kappa shape index (κ2) is 21.1. The Morgan fingerprint density at radius 1 is 0.476 bits per heavy atom. The minimum Gasteiger partial charge on any atom is -0.489 e. The van der Waals surface area contributed by atoms with Crippen molar-refractivity contribution in [2.24, 2.45) is 0 Å². The third-order valence-electron chi connectivity index (χ3n) is 10.5. The SMILES string of the molecule is O=C(O)Cc1ccc(Oc2ccc3cc(OCc4ccccc4)ccc3c2)cc1.S=C(Cc1ccc(Oc2ccc3cc(OCc4ccccc4)ccc3c2)cc1)N1CCOCC1. The number of thiocarbonyl (C=S) groups is 1. The summed E-state index contributed by atoms with van der Waals surface area (Å²) in [6.45, 7) is 4.35. The van der Waals surface area contributed by atoms with Crippen LogP contribution in [0.2, 0.25) is 0 Å². The van der Waals surface area contributed by atoms with Gasteiger partial charge in [-0.3, -0.25) is 4.79 Å². The second-order valence-electron chi connectivity index (χ2n) is 15.1. The van der Waals surface area contributed by atoms with Crippen LogP contribution in [0.25, 0.3) is 21.5 Å². The minimum atomic E-state index is -0.847. The van der Waals surface area contributed by atoms with Gasteiger partial charge in [-0.05, 0) is 117 Å². The number of ether oxygens (including phenoxy) is 5. The molecular weight excluding hydrogens is 807 g/mol. The molecule has 0 aliphatic carbocycles. The van der Waals surface area contributed by atoms with E-state index >= 15 is 0 Å². The zero-order valence-corrected chi connectivity index (χ0v) is 35.5. The topological polar surface area (TPSA) is 86.7 Å². The van der Waals surface area contributed by atoms with E-state index in [1.807, 2.05) is 109 Å². The van der Waals surface area contributed by atoms with Gasteiger partial charge in [0.05, 0.1) is 24.6 Å². The maximum absolute atomic E-state index is 10.8. The van der Waals surface area contributed by atoms with Crippen LogP contribution in [0.1, 0.15) is 22.3 Å². The lowest BCUT2D eigenvalue weighted by atomic mass is 10.1. The van der Waals surface area contributed by atoms with E-state index in [1.54, 1.807) is 24.3 Å². The molecule has 316 valence electrons. The first-order chi connectivity index (χ1) is 30.9. The monoisotopic (exact) mass is 853 g/mol. The van der Waals surface area contributed by atoms with Gasteiger partial charge in [0.1, 0.15) is 47.7 Å². The van der Waals surface area contributed by atoms with E-state index in [2.05, 4.69) is 53.4 Å². The van der Waals surface area contributed by atoms with Gasteiger partial charge in [-0.25, -0.2) is 0 Å². The van der Waals surface area contributed by atoms with Crippen LogP contribution >= 0.6 is 12.2 Å². The van der Waals surface area contributed by atoms with Crippen LogP contribution in [0, 0.1) is 0 Å². The molecular formula is C54H47NO7S. The van der Waals surface area contributed by atoms with E-state index in [0.29, 0.717) is 19.0 Å². The van der Waals surface area contributed by atoms with E-state index in [4.69, 9.17) is 41.0 Å². The first-order valence-corrected chi connectivity index (χ1v) is 21.3. The van der Waals surface area contributed by atoms with Crippen molar-refractivity contribution in [3.05, 3.63) is 204 Å². The summed E-state index contributed by atoms with van der Waals surface area (Å²) >= 11 is 5.62. The predicted octanol–water partition coefficient (Wildman–Crippen LogP) is 12.3. The zero-order valence-electron chi connectivity index (χ0n) is 34.7. The van der Waals surface area contributed by atoms with Crippen molar-refractivity contribution in [2.75, 3.05) is 26.3 Å². The third-order valence-corrected chi connectivity index (χ3v) is 10.9. The number of morpholine rings is 1. The van der Waals surface area contributed by atoms with E-state index in [9.17, 15) is 4.79 Å². The number of carbonyl (C=O) groups is 1. The molecule has 0 radical (unpaired) electrons. The summed E-state index contributed by atoms with van der Waals surface area (Å²) in [5.41, 5.74) is 4.21. The highest BCUT2D eigenvalue weighted by Crippen LogP contribution is 2.30. The van der Waals surface area contributed by atoms with Gasteiger partial charge in [0.15, 0.2) is 0 Å². The molecule has 1 fully saturated rings. The minimum absolute atomic E-state index is 0.00489. The van der Waals surface area contributed by atoms with Gasteiger partial charge in [-0.2, -0.15) is 0 Å². The molecule has 1 aliphatic heterocycles. The zero-order chi connectivity index (χ0) is 43.2. The molecule has 0 bridgehead atoms. The summed E-state index contributed by atoms with van der Waals surface area (Å²) < 4.78 is 29.3. The van der Waals surface area contributed by atoms with Crippen LogP contribution in [-0.2, 0) is 35.6 Å². The van der Waals surface area contributed by atoms with Crippen molar-refractivity contribution in [1.82, 2.24) is 4.90 Å². The number of carboxylic acids is 1. The Hall–Kier alpha value is -7.20. The number of fused-ring (bicyclic) bond motifs is 2. The predicted molar refractivity (Wildman–Crippen MR) is 253 cm³/mol. The summed E-state index contributed by atoms with van der Waals surface area (Å²) in [5, 5.41) is 13.2. The molecule has 0 saturated carbocycles. The number of benzene rings is 8. The van der Waals surface area contributed by atoms with Crippen molar-refractivity contribution in [3.8, 4) is 34.5 Å². The lowest BCUT2D eigenvalue weighted by Crippen LogP contribution is -2.40. The van der Waals surface area contributed by atoms with Gasteiger partial charge < -0.3 is 33.7 Å². The Bertz CT molecular complexity index is 2760. The smallest absolute Gasteiger partial charge is 0.307 e. The van der Waals surface area contributed by atoms with Gasteiger partial charge in [-0.1, -0.05) is 121 Å². The maximum atomic E-state index is 10.8. The summed E-state index contributed by atoms with van der Waals surface area (Å²) in [6.07, 6.45) is 0.769. The van der Waals surface area contributed by atoms with Crippen LogP contribution in [0.5, 0.6) is 34.5 Å². The fraction of sp³-hybridized carbons (Fsp3) is 0.148. The number of carboxylic acid groups (broad SMARTS) is 1. The summed E-state index contributed by atoms with van der Waals surface area (Å²) in [4.78, 5) is 14.0. The first-order valence-electron chi connectivity index (χ1n) is 20.9. The lowest BCUT2D eigenvalue weighted by Gasteiger charge is -2.29. The van der Waals surface area contributed by atoms with Crippen LogP contribution < -0.4 is 18.9 Å². The Morgan fingerprint density at radius 3 is 1.29 bits per heavy atom. The van der Waals surface area contributed by atoms with Gasteiger partial charge in [0.2, 0.25) is 0 Å². The summed E-state index contributed by atoms with van der Waals surface area (Å²) in [6, 6.07) is 59.6. The fourth-order valence-corrected chi connectivity index (χ4v) is 7.44. The van der Waals surface area contributed by atoms with E-state index < -0.39 is 5.97 Å². The van der Waals surface area contributed by atoms with Crippen molar-refractivity contribution in [2.45, 2.75) is 26.1 Å². The Kier molecular flexibility index (Phi) is 14.2. The highest BCUT2D eigenvalue weighted by molar-refractivity contribution is 7.80.